The van der Waals surface area contributed by atoms with E-state index in [0.29, 0.717) is 5.92 Å². The van der Waals surface area contributed by atoms with Crippen molar-refractivity contribution < 1.29 is 0 Å². The maximum Gasteiger partial charge on any atom is 0.174 e. The Kier molecular flexibility index (Phi) is 4.50. The minimum Gasteiger partial charge on any atom is -0.352 e. The molecule has 5 rings (SSSR count). The molecule has 0 spiro atoms. The molecule has 7 heteroatoms. The van der Waals surface area contributed by atoms with E-state index in [1.165, 1.54) is 0 Å². The number of imidazole rings is 1. The van der Waals surface area contributed by atoms with Gasteiger partial charge in [-0.25, -0.2) is 9.66 Å². The Morgan fingerprint density at radius 2 is 1.86 bits per heavy atom. The first kappa shape index (κ1) is 18.5. The van der Waals surface area contributed by atoms with Crippen LogP contribution in [0.3, 0.4) is 0 Å². The third kappa shape index (κ3) is 3.27. The highest BCUT2D eigenvalue weighted by atomic mass is 35.5. The summed E-state index contributed by atoms with van der Waals surface area (Å²) in [4.78, 5) is 4.52. The van der Waals surface area contributed by atoms with Crippen LogP contribution in [0.15, 0.2) is 54.9 Å². The van der Waals surface area contributed by atoms with Crippen LogP contribution in [-0.2, 0) is 0 Å². The quantitative estimate of drug-likeness (QED) is 0.527. The summed E-state index contributed by atoms with van der Waals surface area (Å²) in [6.07, 6.45) is 9.77. The molecule has 1 unspecified atom stereocenters. The highest BCUT2D eigenvalue weighted by Gasteiger charge is 2.39. The van der Waals surface area contributed by atoms with Gasteiger partial charge in [-0.3, -0.25) is 0 Å². The molecule has 0 saturated heterocycles. The maximum absolute atomic E-state index is 6.90. The molecule has 1 fully saturated rings. The Labute approximate surface area is 174 Å². The van der Waals surface area contributed by atoms with E-state index in [4.69, 9.17) is 23.1 Å². The van der Waals surface area contributed by atoms with Gasteiger partial charge in [0, 0.05) is 45.8 Å². The zero-order valence-corrected chi connectivity index (χ0v) is 16.9. The average Bonchev–Trinajstić information content (AvgIpc) is 3.19. The van der Waals surface area contributed by atoms with Gasteiger partial charge in [0.1, 0.15) is 5.66 Å². The van der Waals surface area contributed by atoms with Crippen LogP contribution in [0, 0.1) is 5.92 Å². The fourth-order valence-electron chi connectivity index (χ4n) is 4.55. The number of aromatic nitrogens is 2. The fourth-order valence-corrected chi connectivity index (χ4v) is 4.78. The molecule has 29 heavy (non-hydrogen) atoms. The number of anilines is 1. The van der Waals surface area contributed by atoms with Crippen molar-refractivity contribution in [3.63, 3.8) is 0 Å². The largest absolute Gasteiger partial charge is 0.352 e. The van der Waals surface area contributed by atoms with Crippen LogP contribution in [0.25, 0.3) is 16.5 Å². The number of hydrogen-bond donors (Lipinski definition) is 4. The summed E-state index contributed by atoms with van der Waals surface area (Å²) in [5.74, 6) is 1.11. The summed E-state index contributed by atoms with van der Waals surface area (Å²) in [6, 6.07) is 12.3. The topological polar surface area (TPSA) is 93.9 Å². The minimum atomic E-state index is -0.668. The van der Waals surface area contributed by atoms with Crippen LogP contribution in [0.4, 0.5) is 5.69 Å². The van der Waals surface area contributed by atoms with Crippen molar-refractivity contribution in [1.82, 2.24) is 9.66 Å². The standard InChI is InChI=1S/C22H25ClN6/c23-18-9-10-19(17-4-2-1-3-16(17)18)27-20-13-22(25,14-5-7-15(24)8-6-14)28-29-12-11-26-21(20)29/h1-4,9-15,27-28H,5-8,24-25H2. The van der Waals surface area contributed by atoms with Crippen LogP contribution in [0.2, 0.25) is 5.02 Å². The predicted octanol–water partition coefficient (Wildman–Crippen LogP) is 3.87. The van der Waals surface area contributed by atoms with Crippen LogP contribution < -0.4 is 22.2 Å². The number of benzene rings is 2. The summed E-state index contributed by atoms with van der Waals surface area (Å²) in [5.41, 5.74) is 17.7. The molecule has 3 aromatic rings. The molecule has 6 nitrogen and oxygen atoms in total. The molecule has 6 N–H and O–H groups in total. The SMILES string of the molecule is NC1CCC(C2(N)C=C(Nc3ccc(Cl)c4ccccc34)c3nccn3N2)CC1. The van der Waals surface area contributed by atoms with Gasteiger partial charge < -0.3 is 22.2 Å². The Balaban J connectivity index is 1.54. The molecule has 2 aromatic carbocycles. The van der Waals surface area contributed by atoms with E-state index >= 15 is 0 Å². The number of fused-ring (bicyclic) bond motifs is 2. The lowest BCUT2D eigenvalue weighted by molar-refractivity contribution is 0.239. The van der Waals surface area contributed by atoms with Crippen molar-refractivity contribution in [1.29, 1.82) is 0 Å². The van der Waals surface area contributed by atoms with Gasteiger partial charge in [-0.05, 0) is 43.9 Å². The Hall–Kier alpha value is -2.54. The van der Waals surface area contributed by atoms with Gasteiger partial charge in [0.05, 0.1) is 5.70 Å². The van der Waals surface area contributed by atoms with Gasteiger partial charge in [-0.2, -0.15) is 0 Å². The molecule has 0 amide bonds. The highest BCUT2D eigenvalue weighted by molar-refractivity contribution is 6.36. The molecule has 1 aromatic heterocycles. The smallest absolute Gasteiger partial charge is 0.174 e. The number of nitrogens with zero attached hydrogens (tertiary/aromatic N) is 2. The monoisotopic (exact) mass is 408 g/mol. The molecule has 150 valence electrons. The van der Waals surface area contributed by atoms with E-state index in [1.54, 1.807) is 6.20 Å². The summed E-state index contributed by atoms with van der Waals surface area (Å²) >= 11 is 6.39. The van der Waals surface area contributed by atoms with Crippen molar-refractivity contribution in [3.8, 4) is 0 Å². The van der Waals surface area contributed by atoms with Gasteiger partial charge in [0.25, 0.3) is 0 Å². The third-order valence-corrected chi connectivity index (χ3v) is 6.50. The fraction of sp³-hybridized carbons (Fsp3) is 0.318. The molecule has 0 radical (unpaired) electrons. The van der Waals surface area contributed by atoms with E-state index < -0.39 is 5.66 Å². The number of halogens is 1. The summed E-state index contributed by atoms with van der Waals surface area (Å²) in [5, 5.41) is 6.38. The van der Waals surface area contributed by atoms with Crippen LogP contribution in [0.5, 0.6) is 0 Å². The van der Waals surface area contributed by atoms with Crippen LogP contribution >= 0.6 is 11.6 Å². The second kappa shape index (κ2) is 7.06. The second-order valence-electron chi connectivity index (χ2n) is 8.10. The molecule has 0 bridgehead atoms. The zero-order chi connectivity index (χ0) is 20.0. The average molecular weight is 409 g/mol. The molecule has 1 atom stereocenters. The Bertz CT molecular complexity index is 1080. The predicted molar refractivity (Wildman–Crippen MR) is 119 cm³/mol. The Morgan fingerprint density at radius 3 is 2.66 bits per heavy atom. The first-order valence-electron chi connectivity index (χ1n) is 10.1. The summed E-state index contributed by atoms with van der Waals surface area (Å²) < 4.78 is 1.91. The third-order valence-electron chi connectivity index (χ3n) is 6.17. The van der Waals surface area contributed by atoms with Gasteiger partial charge in [0.2, 0.25) is 0 Å². The normalized spacial score (nSPS) is 26.5. The maximum atomic E-state index is 6.90. The molecular weight excluding hydrogens is 384 g/mol. The number of nitrogens with one attached hydrogen (secondary N) is 2. The lowest BCUT2D eigenvalue weighted by atomic mass is 9.78. The van der Waals surface area contributed by atoms with E-state index in [0.717, 1.165) is 58.7 Å². The lowest BCUT2D eigenvalue weighted by Gasteiger charge is -2.42. The number of hydrogen-bond acceptors (Lipinski definition) is 5. The summed E-state index contributed by atoms with van der Waals surface area (Å²) in [7, 11) is 0. The van der Waals surface area contributed by atoms with Crippen molar-refractivity contribution >= 4 is 33.8 Å². The Morgan fingerprint density at radius 1 is 1.10 bits per heavy atom. The second-order valence-corrected chi connectivity index (χ2v) is 8.51. The highest BCUT2D eigenvalue weighted by Crippen LogP contribution is 2.37. The van der Waals surface area contributed by atoms with Crippen LogP contribution in [0.1, 0.15) is 31.5 Å². The molecule has 1 aliphatic heterocycles. The lowest BCUT2D eigenvalue weighted by Crippen LogP contribution is -2.58. The minimum absolute atomic E-state index is 0.282. The van der Waals surface area contributed by atoms with E-state index in [-0.39, 0.29) is 6.04 Å². The summed E-state index contributed by atoms with van der Waals surface area (Å²) in [6.45, 7) is 0. The van der Waals surface area contributed by atoms with E-state index in [1.807, 2.05) is 41.2 Å². The van der Waals surface area contributed by atoms with Crippen molar-refractivity contribution in [2.75, 3.05) is 10.7 Å². The molecule has 1 aliphatic carbocycles. The van der Waals surface area contributed by atoms with E-state index in [2.05, 4.69) is 27.9 Å². The number of nitrogens with two attached hydrogens (primary N) is 2. The molecule has 2 aliphatic rings. The van der Waals surface area contributed by atoms with Crippen LogP contribution in [-0.4, -0.2) is 21.4 Å². The van der Waals surface area contributed by atoms with Crippen molar-refractivity contribution in [3.05, 3.63) is 65.7 Å². The number of rotatable bonds is 3. The van der Waals surface area contributed by atoms with Crippen molar-refractivity contribution in [2.45, 2.75) is 37.4 Å². The first-order chi connectivity index (χ1) is 14.0. The zero-order valence-electron chi connectivity index (χ0n) is 16.1. The first-order valence-corrected chi connectivity index (χ1v) is 10.4. The molecule has 1 saturated carbocycles. The van der Waals surface area contributed by atoms with Gasteiger partial charge in [0.15, 0.2) is 5.82 Å². The van der Waals surface area contributed by atoms with Crippen molar-refractivity contribution in [2.24, 2.45) is 17.4 Å². The van der Waals surface area contributed by atoms with E-state index in [9.17, 15) is 0 Å². The molecule has 2 heterocycles. The van der Waals surface area contributed by atoms with Gasteiger partial charge in [-0.1, -0.05) is 35.9 Å². The van der Waals surface area contributed by atoms with Gasteiger partial charge >= 0.3 is 0 Å². The van der Waals surface area contributed by atoms with Gasteiger partial charge in [-0.15, -0.1) is 0 Å². The molecular formula is C22H25ClN6.